The standard InChI is InChI=1S/C8H8N2S/c1-2-7-10-6-4-3-5-9-8(6)11-7/h3-5H,2H2,1H3. The Hall–Kier alpha value is -0.960. The normalized spacial score (nSPS) is 10.6. The second-order valence-electron chi connectivity index (χ2n) is 2.29. The van der Waals surface area contributed by atoms with Crippen molar-refractivity contribution in [3.63, 3.8) is 0 Å². The average Bonchev–Trinajstić information content (AvgIpc) is 2.46. The van der Waals surface area contributed by atoms with Crippen molar-refractivity contribution < 1.29 is 0 Å². The van der Waals surface area contributed by atoms with Gasteiger partial charge < -0.3 is 0 Å². The smallest absolute Gasteiger partial charge is 0.143 e. The fraction of sp³-hybridized carbons (Fsp3) is 0.250. The molecule has 2 nitrogen and oxygen atoms in total. The summed E-state index contributed by atoms with van der Waals surface area (Å²) >= 11 is 1.68. The molecule has 0 aliphatic heterocycles. The van der Waals surface area contributed by atoms with E-state index in [2.05, 4.69) is 16.9 Å². The summed E-state index contributed by atoms with van der Waals surface area (Å²) in [4.78, 5) is 9.64. The van der Waals surface area contributed by atoms with E-state index in [1.165, 1.54) is 5.01 Å². The summed E-state index contributed by atoms with van der Waals surface area (Å²) in [5.74, 6) is 0. The molecule has 0 saturated carbocycles. The zero-order valence-electron chi connectivity index (χ0n) is 6.24. The van der Waals surface area contributed by atoms with Gasteiger partial charge in [-0.3, -0.25) is 0 Å². The maximum atomic E-state index is 4.39. The molecule has 0 atom stereocenters. The number of rotatable bonds is 1. The number of thiazole rings is 1. The van der Waals surface area contributed by atoms with E-state index in [-0.39, 0.29) is 0 Å². The van der Waals surface area contributed by atoms with Gasteiger partial charge in [-0.2, -0.15) is 0 Å². The van der Waals surface area contributed by atoms with Crippen LogP contribution in [0.4, 0.5) is 0 Å². The number of nitrogens with zero attached hydrogens (tertiary/aromatic N) is 2. The highest BCUT2D eigenvalue weighted by Gasteiger charge is 2.00. The largest absolute Gasteiger partial charge is 0.244 e. The van der Waals surface area contributed by atoms with Crippen LogP contribution < -0.4 is 0 Å². The van der Waals surface area contributed by atoms with Gasteiger partial charge in [0.05, 0.1) is 5.01 Å². The molecule has 0 aliphatic rings. The minimum absolute atomic E-state index is 1.00. The summed E-state index contributed by atoms with van der Waals surface area (Å²) in [5.41, 5.74) is 1.02. The SMILES string of the molecule is CCc1nc2cccnc2s1. The molecule has 2 heterocycles. The van der Waals surface area contributed by atoms with E-state index in [1.807, 2.05) is 12.1 Å². The topological polar surface area (TPSA) is 25.8 Å². The average molecular weight is 164 g/mol. The highest BCUT2D eigenvalue weighted by Crippen LogP contribution is 2.18. The van der Waals surface area contributed by atoms with Gasteiger partial charge in [0.1, 0.15) is 10.3 Å². The molecule has 2 aromatic heterocycles. The molecule has 3 heteroatoms. The minimum atomic E-state index is 1.00. The fourth-order valence-corrected chi connectivity index (χ4v) is 1.81. The Balaban J connectivity index is 2.69. The van der Waals surface area contributed by atoms with Crippen LogP contribution in [0.25, 0.3) is 10.3 Å². The Kier molecular flexibility index (Phi) is 1.58. The minimum Gasteiger partial charge on any atom is -0.244 e. The number of hydrogen-bond acceptors (Lipinski definition) is 3. The Morgan fingerprint density at radius 1 is 1.55 bits per heavy atom. The number of hydrogen-bond donors (Lipinski definition) is 0. The van der Waals surface area contributed by atoms with Gasteiger partial charge in [-0.05, 0) is 18.6 Å². The molecule has 0 amide bonds. The van der Waals surface area contributed by atoms with Crippen LogP contribution in [-0.4, -0.2) is 9.97 Å². The van der Waals surface area contributed by atoms with Crippen molar-refractivity contribution in [3.05, 3.63) is 23.3 Å². The van der Waals surface area contributed by atoms with Crippen molar-refractivity contribution in [2.75, 3.05) is 0 Å². The summed E-state index contributed by atoms with van der Waals surface area (Å²) in [6.07, 6.45) is 2.81. The van der Waals surface area contributed by atoms with E-state index in [1.54, 1.807) is 17.5 Å². The molecule has 0 bridgehead atoms. The second-order valence-corrected chi connectivity index (χ2v) is 3.35. The molecule has 2 aromatic rings. The van der Waals surface area contributed by atoms with Crippen molar-refractivity contribution in [2.24, 2.45) is 0 Å². The predicted molar refractivity (Wildman–Crippen MR) is 46.8 cm³/mol. The van der Waals surface area contributed by atoms with Crippen LogP contribution >= 0.6 is 11.3 Å². The van der Waals surface area contributed by atoms with Gasteiger partial charge in [0.2, 0.25) is 0 Å². The van der Waals surface area contributed by atoms with Gasteiger partial charge in [-0.15, -0.1) is 0 Å². The van der Waals surface area contributed by atoms with Crippen molar-refractivity contribution >= 4 is 21.7 Å². The molecule has 0 unspecified atom stereocenters. The molecule has 0 N–H and O–H groups in total. The zero-order valence-corrected chi connectivity index (χ0v) is 7.06. The lowest BCUT2D eigenvalue weighted by Crippen LogP contribution is -1.73. The molecule has 0 saturated heterocycles. The van der Waals surface area contributed by atoms with Crippen LogP contribution in [0.1, 0.15) is 11.9 Å². The third-order valence-electron chi connectivity index (χ3n) is 1.51. The Morgan fingerprint density at radius 2 is 2.45 bits per heavy atom. The van der Waals surface area contributed by atoms with Gasteiger partial charge in [-0.25, -0.2) is 9.97 Å². The number of aryl methyl sites for hydroxylation is 1. The second kappa shape index (κ2) is 2.58. The first-order valence-corrected chi connectivity index (χ1v) is 4.42. The predicted octanol–water partition coefficient (Wildman–Crippen LogP) is 2.25. The summed E-state index contributed by atoms with van der Waals surface area (Å²) in [7, 11) is 0. The molecular weight excluding hydrogens is 156 g/mol. The van der Waals surface area contributed by atoms with E-state index in [0.717, 1.165) is 16.8 Å². The van der Waals surface area contributed by atoms with Crippen LogP contribution in [-0.2, 0) is 6.42 Å². The highest BCUT2D eigenvalue weighted by molar-refractivity contribution is 7.18. The van der Waals surface area contributed by atoms with E-state index in [0.29, 0.717) is 0 Å². The maximum Gasteiger partial charge on any atom is 0.143 e. The third kappa shape index (κ3) is 1.12. The summed E-state index contributed by atoms with van der Waals surface area (Å²) < 4.78 is 0. The summed E-state index contributed by atoms with van der Waals surface area (Å²) in [6, 6.07) is 3.92. The van der Waals surface area contributed by atoms with Gasteiger partial charge >= 0.3 is 0 Å². The quantitative estimate of drug-likeness (QED) is 0.646. The Bertz CT molecular complexity index is 334. The van der Waals surface area contributed by atoms with Gasteiger partial charge in [0.25, 0.3) is 0 Å². The van der Waals surface area contributed by atoms with Gasteiger partial charge in [-0.1, -0.05) is 18.3 Å². The van der Waals surface area contributed by atoms with Crippen molar-refractivity contribution in [3.8, 4) is 0 Å². The maximum absolute atomic E-state index is 4.39. The van der Waals surface area contributed by atoms with Crippen LogP contribution in [0, 0.1) is 0 Å². The highest BCUT2D eigenvalue weighted by atomic mass is 32.1. The lowest BCUT2D eigenvalue weighted by atomic mass is 10.4. The Morgan fingerprint density at radius 3 is 3.18 bits per heavy atom. The number of fused-ring (bicyclic) bond motifs is 1. The first-order chi connectivity index (χ1) is 5.40. The zero-order chi connectivity index (χ0) is 7.68. The molecule has 0 radical (unpaired) electrons. The van der Waals surface area contributed by atoms with Gasteiger partial charge in [0, 0.05) is 6.20 Å². The monoisotopic (exact) mass is 164 g/mol. The van der Waals surface area contributed by atoms with Crippen molar-refractivity contribution in [2.45, 2.75) is 13.3 Å². The van der Waals surface area contributed by atoms with Crippen LogP contribution in [0.5, 0.6) is 0 Å². The van der Waals surface area contributed by atoms with Crippen LogP contribution in [0.3, 0.4) is 0 Å². The Labute approximate surface area is 68.9 Å². The molecule has 0 spiro atoms. The summed E-state index contributed by atoms with van der Waals surface area (Å²) in [6.45, 7) is 2.11. The van der Waals surface area contributed by atoms with Crippen molar-refractivity contribution in [1.29, 1.82) is 0 Å². The molecule has 11 heavy (non-hydrogen) atoms. The fourth-order valence-electron chi connectivity index (χ4n) is 0.966. The van der Waals surface area contributed by atoms with Gasteiger partial charge in [0.15, 0.2) is 0 Å². The molecule has 56 valence electrons. The van der Waals surface area contributed by atoms with E-state index < -0.39 is 0 Å². The lowest BCUT2D eigenvalue weighted by Gasteiger charge is -1.80. The third-order valence-corrected chi connectivity index (χ3v) is 2.64. The van der Waals surface area contributed by atoms with Crippen LogP contribution in [0.15, 0.2) is 18.3 Å². The molecule has 0 aliphatic carbocycles. The van der Waals surface area contributed by atoms with Crippen molar-refractivity contribution in [1.82, 2.24) is 9.97 Å². The van der Waals surface area contributed by atoms with Crippen LogP contribution in [0.2, 0.25) is 0 Å². The molecule has 2 rings (SSSR count). The van der Waals surface area contributed by atoms with E-state index >= 15 is 0 Å². The summed E-state index contributed by atoms with van der Waals surface area (Å²) in [5, 5.41) is 1.17. The lowest BCUT2D eigenvalue weighted by molar-refractivity contribution is 1.11. The first kappa shape index (κ1) is 6.73. The molecular formula is C8H8N2S. The number of aromatic nitrogens is 2. The number of pyridine rings is 1. The van der Waals surface area contributed by atoms with E-state index in [4.69, 9.17) is 0 Å². The molecule has 0 aromatic carbocycles. The van der Waals surface area contributed by atoms with E-state index in [9.17, 15) is 0 Å². The molecule has 0 fully saturated rings. The first-order valence-electron chi connectivity index (χ1n) is 3.60.